The Morgan fingerprint density at radius 2 is 1.90 bits per heavy atom. The average molecular weight is 443 g/mol. The van der Waals surface area contributed by atoms with E-state index < -0.39 is 11.5 Å². The van der Waals surface area contributed by atoms with E-state index in [1.165, 1.54) is 12.4 Å². The fourth-order valence-corrected chi connectivity index (χ4v) is 3.06. The van der Waals surface area contributed by atoms with Gasteiger partial charge in [0, 0.05) is 35.3 Å². The molecule has 1 aliphatic rings. The van der Waals surface area contributed by atoms with E-state index in [0.717, 1.165) is 5.69 Å². The molecule has 0 aliphatic heterocycles. The highest BCUT2D eigenvalue weighted by Crippen LogP contribution is 2.23. The van der Waals surface area contributed by atoms with E-state index >= 15 is 0 Å². The normalized spacial score (nSPS) is 17.8. The maximum Gasteiger partial charge on any atom is 0.252 e. The molecule has 3 N–H and O–H groups in total. The summed E-state index contributed by atoms with van der Waals surface area (Å²) in [5.74, 6) is 0.837. The van der Waals surface area contributed by atoms with Crippen LogP contribution in [-0.2, 0) is 4.79 Å². The molecule has 162 valence electrons. The highest BCUT2D eigenvalue weighted by molar-refractivity contribution is 6.22. The van der Waals surface area contributed by atoms with Gasteiger partial charge in [0.2, 0.25) is 0 Å². The first-order valence-electron chi connectivity index (χ1n) is 9.58. The first-order valence-corrected chi connectivity index (χ1v) is 10.0. The van der Waals surface area contributed by atoms with E-state index in [-0.39, 0.29) is 5.91 Å². The van der Waals surface area contributed by atoms with Crippen LogP contribution in [0.1, 0.15) is 0 Å². The number of likely N-dealkylation sites (N-methyl/N-ethyl adjacent to an activating group) is 1. The number of aromatic nitrogens is 2. The summed E-state index contributed by atoms with van der Waals surface area (Å²) in [6.45, 7) is 4.29. The fourth-order valence-electron chi connectivity index (χ4n) is 2.84. The summed E-state index contributed by atoms with van der Waals surface area (Å²) in [7, 11) is 3.75. The van der Waals surface area contributed by atoms with Gasteiger partial charge in [0.05, 0.1) is 5.38 Å². The minimum atomic E-state index is -1.21. The molecular weight excluding hydrogens is 419 g/mol. The van der Waals surface area contributed by atoms with Gasteiger partial charge in [0.25, 0.3) is 5.91 Å². The Morgan fingerprint density at radius 3 is 2.61 bits per heavy atom. The molecule has 1 heterocycles. The minimum Gasteiger partial charge on any atom is -0.340 e. The summed E-state index contributed by atoms with van der Waals surface area (Å²) in [5, 5.41) is 8.38. The highest BCUT2D eigenvalue weighted by atomic mass is 35.5. The molecule has 9 heteroatoms. The van der Waals surface area contributed by atoms with Gasteiger partial charge in [-0.2, -0.15) is 0 Å². The lowest BCUT2D eigenvalue weighted by atomic mass is 10.1. The van der Waals surface area contributed by atoms with Gasteiger partial charge in [-0.1, -0.05) is 12.6 Å². The lowest BCUT2D eigenvalue weighted by molar-refractivity contribution is -0.113. The van der Waals surface area contributed by atoms with Gasteiger partial charge in [-0.15, -0.1) is 11.6 Å². The summed E-state index contributed by atoms with van der Waals surface area (Å²) in [5.41, 5.74) is 2.49. The minimum absolute atomic E-state index is 0.235. The lowest BCUT2D eigenvalue weighted by Crippen LogP contribution is -2.23. The van der Waals surface area contributed by atoms with Crippen LogP contribution in [0.4, 0.5) is 27.4 Å². The smallest absolute Gasteiger partial charge is 0.252 e. The van der Waals surface area contributed by atoms with E-state index in [1.807, 2.05) is 31.1 Å². The second-order valence-electron chi connectivity index (χ2n) is 7.28. The number of nitrogens with one attached hydrogen (secondary N) is 3. The molecule has 0 saturated carbocycles. The number of rotatable bonds is 8. The zero-order chi connectivity index (χ0) is 22.4. The number of carbonyl (C=O) groups is 1. The van der Waals surface area contributed by atoms with Gasteiger partial charge in [-0.3, -0.25) is 4.79 Å². The number of amides is 1. The van der Waals surface area contributed by atoms with Gasteiger partial charge in [0.1, 0.15) is 24.1 Å². The lowest BCUT2D eigenvalue weighted by Gasteiger charge is -2.16. The van der Waals surface area contributed by atoms with Crippen molar-refractivity contribution in [3.05, 3.63) is 72.7 Å². The first-order chi connectivity index (χ1) is 14.8. The largest absolute Gasteiger partial charge is 0.340 e. The van der Waals surface area contributed by atoms with Crippen LogP contribution >= 0.6 is 11.6 Å². The van der Waals surface area contributed by atoms with Gasteiger partial charge >= 0.3 is 0 Å². The monoisotopic (exact) mass is 442 g/mol. The molecule has 2 atom stereocenters. The summed E-state index contributed by atoms with van der Waals surface area (Å²) < 4.78 is 13.4. The predicted molar refractivity (Wildman–Crippen MR) is 123 cm³/mol. The SMILES string of the molecule is C=C(CN(C)C)C(=O)Nc1cccc(Nc2cc(NC3=CC(Cl)C(F)C=C3)ncn2)c1. The molecule has 31 heavy (non-hydrogen) atoms. The Labute approximate surface area is 185 Å². The molecule has 0 bridgehead atoms. The number of halogens is 2. The van der Waals surface area contributed by atoms with Crippen molar-refractivity contribution in [3.63, 3.8) is 0 Å². The van der Waals surface area contributed by atoms with Crippen LogP contribution in [0.3, 0.4) is 0 Å². The van der Waals surface area contributed by atoms with Gasteiger partial charge in [-0.25, -0.2) is 14.4 Å². The Morgan fingerprint density at radius 1 is 1.19 bits per heavy atom. The zero-order valence-electron chi connectivity index (χ0n) is 17.3. The summed E-state index contributed by atoms with van der Waals surface area (Å²) in [6, 6.07) is 8.97. The van der Waals surface area contributed by atoms with Crippen molar-refractivity contribution < 1.29 is 9.18 Å². The van der Waals surface area contributed by atoms with Crippen molar-refractivity contribution in [3.8, 4) is 0 Å². The van der Waals surface area contributed by atoms with Crippen molar-refractivity contribution in [1.82, 2.24) is 14.9 Å². The van der Waals surface area contributed by atoms with Crippen LogP contribution < -0.4 is 16.0 Å². The van der Waals surface area contributed by atoms with Crippen LogP contribution in [0.2, 0.25) is 0 Å². The Bertz CT molecular complexity index is 1020. The van der Waals surface area contributed by atoms with Crippen molar-refractivity contribution >= 4 is 40.5 Å². The van der Waals surface area contributed by atoms with E-state index in [1.54, 1.807) is 30.4 Å². The molecule has 0 radical (unpaired) electrons. The Kier molecular flexibility index (Phi) is 7.38. The summed E-state index contributed by atoms with van der Waals surface area (Å²) >= 11 is 5.94. The molecule has 0 spiro atoms. The third-order valence-corrected chi connectivity index (χ3v) is 4.63. The fraction of sp³-hybridized carbons (Fsp3) is 0.227. The molecule has 1 amide bonds. The number of hydrogen-bond donors (Lipinski definition) is 3. The predicted octanol–water partition coefficient (Wildman–Crippen LogP) is 4.09. The number of anilines is 4. The van der Waals surface area contributed by atoms with Crippen LogP contribution in [0.5, 0.6) is 0 Å². The quantitative estimate of drug-likeness (QED) is 0.422. The van der Waals surface area contributed by atoms with Crippen LogP contribution in [0, 0.1) is 0 Å². The Hall–Kier alpha value is -3.23. The van der Waals surface area contributed by atoms with E-state index in [2.05, 4.69) is 32.5 Å². The second-order valence-corrected chi connectivity index (χ2v) is 7.79. The molecule has 1 aromatic heterocycles. The summed E-state index contributed by atoms with van der Waals surface area (Å²) in [6.07, 6.45) is 4.81. The number of allylic oxidation sites excluding steroid dienone is 3. The third-order valence-electron chi connectivity index (χ3n) is 4.26. The number of alkyl halides is 2. The van der Waals surface area contributed by atoms with Gasteiger partial charge < -0.3 is 20.9 Å². The van der Waals surface area contributed by atoms with Crippen molar-refractivity contribution in [2.45, 2.75) is 11.5 Å². The third kappa shape index (κ3) is 6.63. The van der Waals surface area contributed by atoms with Crippen molar-refractivity contribution in [2.24, 2.45) is 0 Å². The van der Waals surface area contributed by atoms with Crippen LogP contribution in [0.25, 0.3) is 0 Å². The molecule has 1 aromatic carbocycles. The average Bonchev–Trinajstić information content (AvgIpc) is 2.71. The maximum absolute atomic E-state index is 13.4. The van der Waals surface area contributed by atoms with Crippen molar-refractivity contribution in [2.75, 3.05) is 36.6 Å². The molecule has 3 rings (SSSR count). The topological polar surface area (TPSA) is 82.2 Å². The number of nitrogens with zero attached hydrogens (tertiary/aromatic N) is 3. The Balaban J connectivity index is 1.65. The van der Waals surface area contributed by atoms with E-state index in [0.29, 0.717) is 35.1 Å². The molecule has 2 unspecified atom stereocenters. The molecule has 7 nitrogen and oxygen atoms in total. The maximum atomic E-state index is 13.4. The van der Waals surface area contributed by atoms with Crippen molar-refractivity contribution in [1.29, 1.82) is 0 Å². The number of hydrogen-bond acceptors (Lipinski definition) is 6. The van der Waals surface area contributed by atoms with Gasteiger partial charge in [0.15, 0.2) is 0 Å². The first kappa shape index (κ1) is 22.5. The van der Waals surface area contributed by atoms with Gasteiger partial charge in [-0.05, 0) is 50.5 Å². The molecular formula is C22H24ClFN6O. The highest BCUT2D eigenvalue weighted by Gasteiger charge is 2.17. The summed E-state index contributed by atoms with van der Waals surface area (Å²) in [4.78, 5) is 22.5. The second kappa shape index (κ2) is 10.2. The van der Waals surface area contributed by atoms with E-state index in [9.17, 15) is 9.18 Å². The van der Waals surface area contributed by atoms with Crippen LogP contribution in [0.15, 0.2) is 72.7 Å². The van der Waals surface area contributed by atoms with Crippen LogP contribution in [-0.4, -0.2) is 53.0 Å². The molecule has 0 saturated heterocycles. The standard InChI is InChI=1S/C22H24ClFN6O/c1-14(12-30(2)3)22(31)29-16-6-4-5-15(9-16)27-20-11-21(26-13-25-20)28-17-7-8-19(24)18(23)10-17/h4-11,13,18-19H,1,12H2,2-3H3,(H,29,31)(H2,25,26,27,28). The number of benzene rings is 1. The zero-order valence-corrected chi connectivity index (χ0v) is 18.0. The molecule has 0 fully saturated rings. The molecule has 1 aliphatic carbocycles. The number of carbonyl (C=O) groups excluding carboxylic acids is 1. The van der Waals surface area contributed by atoms with E-state index in [4.69, 9.17) is 11.6 Å². The molecule has 2 aromatic rings.